The van der Waals surface area contributed by atoms with E-state index in [1.165, 1.54) is 12.8 Å². The lowest BCUT2D eigenvalue weighted by Gasteiger charge is -2.18. The van der Waals surface area contributed by atoms with Crippen molar-refractivity contribution in [1.82, 2.24) is 9.97 Å². The number of anilines is 1. The van der Waals surface area contributed by atoms with Crippen LogP contribution < -0.4 is 5.32 Å². The van der Waals surface area contributed by atoms with Crippen molar-refractivity contribution in [2.24, 2.45) is 0 Å². The smallest absolute Gasteiger partial charge is 0.136 e. The standard InChI is InChI=1S/C12H17N3O/c1-7-5-11(13-2)15-12(14-7)9-6-8-3-4-10(9)16-8/h5,8-10H,3-4,6H2,1-2H3,(H,13,14,15). The number of aryl methyl sites for hydroxylation is 1. The Morgan fingerprint density at radius 3 is 2.88 bits per heavy atom. The van der Waals surface area contributed by atoms with Gasteiger partial charge in [-0.2, -0.15) is 0 Å². The van der Waals surface area contributed by atoms with Crippen molar-refractivity contribution in [3.63, 3.8) is 0 Å². The largest absolute Gasteiger partial charge is 0.374 e. The number of nitrogens with one attached hydrogen (secondary N) is 1. The van der Waals surface area contributed by atoms with E-state index in [4.69, 9.17) is 4.74 Å². The van der Waals surface area contributed by atoms with Gasteiger partial charge in [-0.15, -0.1) is 0 Å². The molecule has 3 rings (SSSR count). The highest BCUT2D eigenvalue weighted by Gasteiger charge is 2.42. The van der Waals surface area contributed by atoms with Crippen molar-refractivity contribution < 1.29 is 4.74 Å². The first kappa shape index (κ1) is 10.0. The van der Waals surface area contributed by atoms with Crippen molar-refractivity contribution in [2.75, 3.05) is 12.4 Å². The van der Waals surface area contributed by atoms with Crippen LogP contribution in [-0.2, 0) is 4.74 Å². The maximum absolute atomic E-state index is 5.85. The minimum atomic E-state index is 0.358. The Hall–Kier alpha value is -1.16. The summed E-state index contributed by atoms with van der Waals surface area (Å²) in [4.78, 5) is 9.10. The van der Waals surface area contributed by atoms with E-state index in [9.17, 15) is 0 Å². The van der Waals surface area contributed by atoms with Crippen molar-refractivity contribution in [3.8, 4) is 0 Å². The molecule has 4 nitrogen and oxygen atoms in total. The fourth-order valence-corrected chi connectivity index (χ4v) is 2.79. The Kier molecular flexibility index (Phi) is 2.32. The van der Waals surface area contributed by atoms with E-state index >= 15 is 0 Å². The second-order valence-corrected chi connectivity index (χ2v) is 4.72. The van der Waals surface area contributed by atoms with Gasteiger partial charge in [-0.25, -0.2) is 9.97 Å². The van der Waals surface area contributed by atoms with Crippen LogP contribution in [0.4, 0.5) is 5.82 Å². The lowest BCUT2D eigenvalue weighted by Crippen LogP contribution is -2.18. The summed E-state index contributed by atoms with van der Waals surface area (Å²) in [5.41, 5.74) is 1.03. The number of fused-ring (bicyclic) bond motifs is 2. The van der Waals surface area contributed by atoms with Crippen LogP contribution >= 0.6 is 0 Å². The number of nitrogens with zero attached hydrogens (tertiary/aromatic N) is 2. The topological polar surface area (TPSA) is 47.0 Å². The summed E-state index contributed by atoms with van der Waals surface area (Å²) in [6.07, 6.45) is 4.29. The molecule has 1 N–H and O–H groups in total. The quantitative estimate of drug-likeness (QED) is 0.824. The number of hydrogen-bond donors (Lipinski definition) is 1. The van der Waals surface area contributed by atoms with Gasteiger partial charge in [0.1, 0.15) is 11.6 Å². The molecule has 2 aliphatic heterocycles. The first-order valence-corrected chi connectivity index (χ1v) is 5.95. The van der Waals surface area contributed by atoms with E-state index < -0.39 is 0 Å². The third-order valence-electron chi connectivity index (χ3n) is 3.57. The molecule has 86 valence electrons. The Bertz CT molecular complexity index is 407. The Labute approximate surface area is 95.4 Å². The molecule has 16 heavy (non-hydrogen) atoms. The van der Waals surface area contributed by atoms with Crippen LogP contribution in [0.2, 0.25) is 0 Å². The summed E-state index contributed by atoms with van der Waals surface area (Å²) < 4.78 is 5.85. The first-order valence-electron chi connectivity index (χ1n) is 5.95. The molecule has 4 heteroatoms. The number of rotatable bonds is 2. The molecule has 2 saturated heterocycles. The summed E-state index contributed by atoms with van der Waals surface area (Å²) >= 11 is 0. The first-order chi connectivity index (χ1) is 7.76. The molecule has 1 aromatic rings. The minimum Gasteiger partial charge on any atom is -0.374 e. The molecule has 3 unspecified atom stereocenters. The molecule has 2 bridgehead atoms. The molecule has 0 aromatic carbocycles. The van der Waals surface area contributed by atoms with Gasteiger partial charge in [-0.1, -0.05) is 0 Å². The lowest BCUT2D eigenvalue weighted by atomic mass is 9.88. The van der Waals surface area contributed by atoms with E-state index in [-0.39, 0.29) is 0 Å². The van der Waals surface area contributed by atoms with Crippen LogP contribution in [0.5, 0.6) is 0 Å². The van der Waals surface area contributed by atoms with Crippen LogP contribution in [-0.4, -0.2) is 29.2 Å². The summed E-state index contributed by atoms with van der Waals surface area (Å²) in [5, 5.41) is 3.08. The third-order valence-corrected chi connectivity index (χ3v) is 3.57. The number of ether oxygens (including phenoxy) is 1. The van der Waals surface area contributed by atoms with Crippen molar-refractivity contribution in [1.29, 1.82) is 0 Å². The molecule has 0 saturated carbocycles. The Balaban J connectivity index is 1.91. The summed E-state index contributed by atoms with van der Waals surface area (Å²) in [6, 6.07) is 1.97. The fourth-order valence-electron chi connectivity index (χ4n) is 2.79. The van der Waals surface area contributed by atoms with Gasteiger partial charge >= 0.3 is 0 Å². The zero-order chi connectivity index (χ0) is 11.1. The van der Waals surface area contributed by atoms with E-state index in [2.05, 4.69) is 15.3 Å². The molecule has 2 aliphatic rings. The monoisotopic (exact) mass is 219 g/mol. The molecule has 3 heterocycles. The molecule has 0 radical (unpaired) electrons. The molecule has 2 fully saturated rings. The van der Waals surface area contributed by atoms with Crippen LogP contribution in [0.1, 0.15) is 36.7 Å². The summed E-state index contributed by atoms with van der Waals surface area (Å²) in [5.74, 6) is 2.27. The lowest BCUT2D eigenvalue weighted by molar-refractivity contribution is 0.0999. The summed E-state index contributed by atoms with van der Waals surface area (Å²) in [6.45, 7) is 2.01. The van der Waals surface area contributed by atoms with Gasteiger partial charge in [0.15, 0.2) is 0 Å². The van der Waals surface area contributed by atoms with Gasteiger partial charge in [0.05, 0.1) is 12.2 Å². The molecule has 3 atom stereocenters. The van der Waals surface area contributed by atoms with Gasteiger partial charge in [0.2, 0.25) is 0 Å². The maximum Gasteiger partial charge on any atom is 0.136 e. The molecular formula is C12H17N3O. The van der Waals surface area contributed by atoms with Gasteiger partial charge in [0.25, 0.3) is 0 Å². The van der Waals surface area contributed by atoms with Crippen molar-refractivity contribution >= 4 is 5.82 Å². The maximum atomic E-state index is 5.85. The third kappa shape index (κ3) is 1.57. The average Bonchev–Trinajstić information content (AvgIpc) is 2.89. The Morgan fingerprint density at radius 1 is 1.38 bits per heavy atom. The molecule has 0 spiro atoms. The highest BCUT2D eigenvalue weighted by Crippen LogP contribution is 2.43. The van der Waals surface area contributed by atoms with Crippen LogP contribution in [0.3, 0.4) is 0 Å². The highest BCUT2D eigenvalue weighted by molar-refractivity contribution is 5.35. The summed E-state index contributed by atoms with van der Waals surface area (Å²) in [7, 11) is 1.89. The second kappa shape index (κ2) is 3.70. The zero-order valence-corrected chi connectivity index (χ0v) is 9.73. The predicted octanol–water partition coefficient (Wildman–Crippen LogP) is 1.86. The SMILES string of the molecule is CNc1cc(C)nc(C2CC3CCC2O3)n1. The highest BCUT2D eigenvalue weighted by atomic mass is 16.5. The van der Waals surface area contributed by atoms with Gasteiger partial charge in [0, 0.05) is 24.7 Å². The average molecular weight is 219 g/mol. The predicted molar refractivity (Wildman–Crippen MR) is 61.6 cm³/mol. The van der Waals surface area contributed by atoms with Crippen LogP contribution in [0, 0.1) is 6.92 Å². The van der Waals surface area contributed by atoms with E-state index in [0.717, 1.165) is 23.8 Å². The van der Waals surface area contributed by atoms with E-state index in [1.54, 1.807) is 0 Å². The number of aromatic nitrogens is 2. The Morgan fingerprint density at radius 2 is 2.25 bits per heavy atom. The van der Waals surface area contributed by atoms with Gasteiger partial charge in [-0.05, 0) is 26.2 Å². The number of hydrogen-bond acceptors (Lipinski definition) is 4. The fraction of sp³-hybridized carbons (Fsp3) is 0.667. The molecular weight excluding hydrogens is 202 g/mol. The van der Waals surface area contributed by atoms with E-state index in [0.29, 0.717) is 18.1 Å². The normalized spacial score (nSPS) is 32.0. The van der Waals surface area contributed by atoms with Gasteiger partial charge < -0.3 is 10.1 Å². The molecule has 1 aromatic heterocycles. The van der Waals surface area contributed by atoms with Gasteiger partial charge in [-0.3, -0.25) is 0 Å². The molecule has 0 aliphatic carbocycles. The van der Waals surface area contributed by atoms with E-state index in [1.807, 2.05) is 20.0 Å². The van der Waals surface area contributed by atoms with Crippen molar-refractivity contribution in [2.45, 2.75) is 44.3 Å². The minimum absolute atomic E-state index is 0.358. The van der Waals surface area contributed by atoms with Crippen LogP contribution in [0.15, 0.2) is 6.07 Å². The zero-order valence-electron chi connectivity index (χ0n) is 9.73. The van der Waals surface area contributed by atoms with Crippen molar-refractivity contribution in [3.05, 3.63) is 17.6 Å². The molecule has 0 amide bonds. The second-order valence-electron chi connectivity index (χ2n) is 4.72. The van der Waals surface area contributed by atoms with Crippen LogP contribution in [0.25, 0.3) is 0 Å².